The Kier molecular flexibility index (Phi) is 6.95. The molecule has 0 atom stereocenters. The number of hydrogen-bond acceptors (Lipinski definition) is 4. The van der Waals surface area contributed by atoms with Crippen molar-refractivity contribution in [2.75, 3.05) is 38.0 Å². The van der Waals surface area contributed by atoms with Crippen molar-refractivity contribution in [3.63, 3.8) is 0 Å². The first-order valence-electron chi connectivity index (χ1n) is 8.33. The summed E-state index contributed by atoms with van der Waals surface area (Å²) in [7, 11) is 3.62. The SMILES string of the molecule is O=c1c2ccccc2sc2c([Si])ccc(OCCN(CCCl)CCCl)c12. The summed E-state index contributed by atoms with van der Waals surface area (Å²) in [5.74, 6) is 1.72. The third-order valence-electron chi connectivity index (χ3n) is 4.16. The molecule has 3 nitrogen and oxygen atoms in total. The molecule has 1 heterocycles. The first-order valence-corrected chi connectivity index (χ1v) is 10.7. The van der Waals surface area contributed by atoms with Crippen LogP contribution in [-0.4, -0.2) is 53.1 Å². The molecule has 26 heavy (non-hydrogen) atoms. The van der Waals surface area contributed by atoms with Gasteiger partial charge in [-0.05, 0) is 23.4 Å². The number of fused-ring (bicyclic) bond motifs is 2. The fourth-order valence-corrected chi connectivity index (χ4v) is 4.80. The molecule has 0 amide bonds. The lowest BCUT2D eigenvalue weighted by molar-refractivity contribution is 0.226. The molecule has 0 saturated heterocycles. The maximum Gasteiger partial charge on any atom is 0.199 e. The lowest BCUT2D eigenvalue weighted by Crippen LogP contribution is -2.32. The van der Waals surface area contributed by atoms with Gasteiger partial charge in [-0.1, -0.05) is 18.2 Å². The molecule has 0 aliphatic rings. The van der Waals surface area contributed by atoms with Gasteiger partial charge in [0.25, 0.3) is 0 Å². The molecule has 0 unspecified atom stereocenters. The van der Waals surface area contributed by atoms with Crippen LogP contribution in [0.3, 0.4) is 0 Å². The predicted molar refractivity (Wildman–Crippen MR) is 114 cm³/mol. The molecule has 3 aromatic rings. The summed E-state index contributed by atoms with van der Waals surface area (Å²) in [4.78, 5) is 15.2. The fraction of sp³-hybridized carbons (Fsp3) is 0.316. The summed E-state index contributed by atoms with van der Waals surface area (Å²) >= 11 is 13.2. The number of nitrogens with zero attached hydrogens (tertiary/aromatic N) is 1. The molecule has 7 heteroatoms. The molecule has 135 valence electrons. The Hall–Kier alpha value is -1.11. The Labute approximate surface area is 169 Å². The number of ether oxygens (including phenoxy) is 1. The number of benzene rings is 2. The van der Waals surface area contributed by atoms with Crippen LogP contribution in [0.5, 0.6) is 5.75 Å². The molecule has 1 aromatic heterocycles. The maximum atomic E-state index is 13.0. The summed E-state index contributed by atoms with van der Waals surface area (Å²) in [6.07, 6.45) is 0. The van der Waals surface area contributed by atoms with E-state index in [0.717, 1.165) is 33.1 Å². The quantitative estimate of drug-likeness (QED) is 0.316. The standard InChI is InChI=1S/C19H18Cl2NO2SSi/c20-7-9-22(10-8-21)11-12-24-14-5-6-16(26)19-17(14)18(23)13-3-1-2-4-15(13)25-19/h1-6H,7-12H2. The minimum atomic E-state index is 0.00261. The zero-order valence-electron chi connectivity index (χ0n) is 14.1. The second-order valence-corrected chi connectivity index (χ2v) is 8.16. The van der Waals surface area contributed by atoms with E-state index in [1.165, 1.54) is 0 Å². The Morgan fingerprint density at radius 2 is 1.77 bits per heavy atom. The van der Waals surface area contributed by atoms with E-state index in [1.54, 1.807) is 11.3 Å². The van der Waals surface area contributed by atoms with Crippen LogP contribution in [0.25, 0.3) is 20.2 Å². The zero-order chi connectivity index (χ0) is 18.5. The summed E-state index contributed by atoms with van der Waals surface area (Å²) in [6.45, 7) is 2.71. The monoisotopic (exact) mass is 422 g/mol. The Bertz CT molecular complexity index is 957. The van der Waals surface area contributed by atoms with Crippen LogP contribution in [0.1, 0.15) is 0 Å². The van der Waals surface area contributed by atoms with Crippen molar-refractivity contribution < 1.29 is 4.74 Å². The van der Waals surface area contributed by atoms with Crippen LogP contribution in [-0.2, 0) is 0 Å². The molecule has 0 fully saturated rings. The second-order valence-electron chi connectivity index (χ2n) is 5.81. The van der Waals surface area contributed by atoms with Gasteiger partial charge in [-0.15, -0.1) is 34.5 Å². The van der Waals surface area contributed by atoms with Crippen molar-refractivity contribution >= 4 is 70.1 Å². The van der Waals surface area contributed by atoms with Gasteiger partial charge in [0.1, 0.15) is 12.4 Å². The molecule has 0 aliphatic carbocycles. The fourth-order valence-electron chi connectivity index (χ4n) is 2.85. The van der Waals surface area contributed by atoms with Gasteiger partial charge in [0.2, 0.25) is 0 Å². The van der Waals surface area contributed by atoms with Crippen LogP contribution in [0.15, 0.2) is 41.2 Å². The molecule has 0 bridgehead atoms. The largest absolute Gasteiger partial charge is 0.491 e. The van der Waals surface area contributed by atoms with Crippen molar-refractivity contribution in [2.45, 2.75) is 0 Å². The number of rotatable bonds is 8. The molecule has 3 rings (SSSR count). The van der Waals surface area contributed by atoms with Gasteiger partial charge in [-0.25, -0.2) is 0 Å². The molecular formula is C19H18Cl2NO2SSi. The van der Waals surface area contributed by atoms with E-state index in [2.05, 4.69) is 15.1 Å². The lowest BCUT2D eigenvalue weighted by atomic mass is 10.1. The van der Waals surface area contributed by atoms with Gasteiger partial charge in [-0.2, -0.15) is 0 Å². The minimum Gasteiger partial charge on any atom is -0.491 e. The topological polar surface area (TPSA) is 29.5 Å². The molecular weight excluding hydrogens is 405 g/mol. The van der Waals surface area contributed by atoms with E-state index in [9.17, 15) is 4.79 Å². The number of halogens is 2. The van der Waals surface area contributed by atoms with Gasteiger partial charge in [0.05, 0.1) is 15.6 Å². The van der Waals surface area contributed by atoms with Crippen molar-refractivity contribution in [1.82, 2.24) is 4.90 Å². The summed E-state index contributed by atoms with van der Waals surface area (Å²) in [6, 6.07) is 11.4. The normalized spacial score (nSPS) is 11.5. The Morgan fingerprint density at radius 1 is 1.04 bits per heavy atom. The van der Waals surface area contributed by atoms with E-state index in [1.807, 2.05) is 36.4 Å². The van der Waals surface area contributed by atoms with E-state index in [4.69, 9.17) is 27.9 Å². The van der Waals surface area contributed by atoms with Crippen LogP contribution < -0.4 is 15.4 Å². The lowest BCUT2D eigenvalue weighted by Gasteiger charge is -2.20. The third kappa shape index (κ3) is 4.23. The first-order chi connectivity index (χ1) is 12.7. The van der Waals surface area contributed by atoms with Crippen molar-refractivity contribution in [3.05, 3.63) is 46.6 Å². The number of hydrogen-bond donors (Lipinski definition) is 0. The highest BCUT2D eigenvalue weighted by atomic mass is 35.5. The van der Waals surface area contributed by atoms with Crippen molar-refractivity contribution in [1.29, 1.82) is 0 Å². The summed E-state index contributed by atoms with van der Waals surface area (Å²) in [5, 5.41) is 2.24. The van der Waals surface area contributed by atoms with Gasteiger partial charge >= 0.3 is 0 Å². The van der Waals surface area contributed by atoms with Gasteiger partial charge < -0.3 is 4.74 Å². The molecule has 3 radical (unpaired) electrons. The van der Waals surface area contributed by atoms with E-state index in [-0.39, 0.29) is 5.43 Å². The molecule has 0 saturated carbocycles. The third-order valence-corrected chi connectivity index (χ3v) is 6.30. The Balaban J connectivity index is 1.93. The maximum absolute atomic E-state index is 13.0. The second kappa shape index (κ2) is 9.20. The Morgan fingerprint density at radius 3 is 2.50 bits per heavy atom. The highest BCUT2D eigenvalue weighted by molar-refractivity contribution is 7.25. The smallest absolute Gasteiger partial charge is 0.199 e. The number of alkyl halides is 2. The van der Waals surface area contributed by atoms with Gasteiger partial charge in [0, 0.05) is 46.2 Å². The molecule has 2 aromatic carbocycles. The van der Waals surface area contributed by atoms with Crippen molar-refractivity contribution in [2.24, 2.45) is 0 Å². The zero-order valence-corrected chi connectivity index (χ0v) is 17.5. The minimum absolute atomic E-state index is 0.00261. The van der Waals surface area contributed by atoms with Crippen molar-refractivity contribution in [3.8, 4) is 5.75 Å². The average molecular weight is 423 g/mol. The van der Waals surface area contributed by atoms with E-state index >= 15 is 0 Å². The van der Waals surface area contributed by atoms with Crippen LogP contribution in [0.2, 0.25) is 0 Å². The van der Waals surface area contributed by atoms with Crippen LogP contribution in [0.4, 0.5) is 0 Å². The summed E-state index contributed by atoms with van der Waals surface area (Å²) in [5.41, 5.74) is 0.00261. The average Bonchev–Trinajstić information content (AvgIpc) is 2.64. The van der Waals surface area contributed by atoms with E-state index in [0.29, 0.717) is 36.0 Å². The van der Waals surface area contributed by atoms with Crippen LogP contribution >= 0.6 is 34.5 Å². The molecule has 0 spiro atoms. The van der Waals surface area contributed by atoms with E-state index < -0.39 is 0 Å². The summed E-state index contributed by atoms with van der Waals surface area (Å²) < 4.78 is 7.86. The molecule has 0 aliphatic heterocycles. The first kappa shape index (κ1) is 19.6. The molecule has 0 N–H and O–H groups in total. The highest BCUT2D eigenvalue weighted by Gasteiger charge is 2.13. The van der Waals surface area contributed by atoms with Crippen LogP contribution in [0, 0.1) is 0 Å². The highest BCUT2D eigenvalue weighted by Crippen LogP contribution is 2.28. The van der Waals surface area contributed by atoms with Gasteiger partial charge in [-0.3, -0.25) is 9.69 Å². The predicted octanol–water partition coefficient (Wildman–Crippen LogP) is 3.37. The van der Waals surface area contributed by atoms with Gasteiger partial charge in [0.15, 0.2) is 5.43 Å².